The molecule has 3 N–H and O–H groups in total. The van der Waals surface area contributed by atoms with Crippen LogP contribution in [0.25, 0.3) is 0 Å². The Morgan fingerprint density at radius 3 is 2.27 bits per heavy atom. The molecular formula is C18H24N4O3S. The summed E-state index contributed by atoms with van der Waals surface area (Å²) in [6, 6.07) is 8.97. The second-order valence-electron chi connectivity index (χ2n) is 6.90. The van der Waals surface area contributed by atoms with Gasteiger partial charge in [0.15, 0.2) is 0 Å². The monoisotopic (exact) mass is 376 g/mol. The van der Waals surface area contributed by atoms with Crippen LogP contribution < -0.4 is 10.5 Å². The average molecular weight is 376 g/mol. The molecule has 1 aromatic carbocycles. The third kappa shape index (κ3) is 5.03. The maximum absolute atomic E-state index is 12.5. The summed E-state index contributed by atoms with van der Waals surface area (Å²) in [7, 11) is -2.02. The molecule has 0 fully saturated rings. The lowest BCUT2D eigenvalue weighted by atomic mass is 9.93. The maximum atomic E-state index is 12.5. The van der Waals surface area contributed by atoms with Gasteiger partial charge in [-0.25, -0.2) is 8.42 Å². The first-order chi connectivity index (χ1) is 12.1. The molecule has 26 heavy (non-hydrogen) atoms. The van der Waals surface area contributed by atoms with Crippen LogP contribution in [0.3, 0.4) is 0 Å². The summed E-state index contributed by atoms with van der Waals surface area (Å²) in [6.45, 7) is 4.93. The highest BCUT2D eigenvalue weighted by atomic mass is 32.2. The van der Waals surface area contributed by atoms with Gasteiger partial charge in [0.1, 0.15) is 0 Å². The van der Waals surface area contributed by atoms with E-state index in [1.165, 1.54) is 36.7 Å². The Morgan fingerprint density at radius 1 is 1.15 bits per heavy atom. The summed E-state index contributed by atoms with van der Waals surface area (Å²) in [5.74, 6) is -0.183. The molecule has 0 atom stereocenters. The van der Waals surface area contributed by atoms with Crippen molar-refractivity contribution in [2.45, 2.75) is 18.7 Å². The molecule has 0 bridgehead atoms. The quantitative estimate of drug-likeness (QED) is 0.768. The highest BCUT2D eigenvalue weighted by Gasteiger charge is 2.22. The van der Waals surface area contributed by atoms with Gasteiger partial charge in [0.2, 0.25) is 0 Å². The van der Waals surface area contributed by atoms with E-state index in [0.29, 0.717) is 24.3 Å². The minimum absolute atomic E-state index is 0.0794. The van der Waals surface area contributed by atoms with Crippen LogP contribution in [0.2, 0.25) is 0 Å². The van der Waals surface area contributed by atoms with Gasteiger partial charge in [-0.15, -0.1) is 0 Å². The number of sulfonamides is 1. The highest BCUT2D eigenvalue weighted by molar-refractivity contribution is 7.92. The molecule has 7 nitrogen and oxygen atoms in total. The third-order valence-corrected chi connectivity index (χ3v) is 5.31. The minimum Gasteiger partial charge on any atom is -0.341 e. The van der Waals surface area contributed by atoms with Crippen molar-refractivity contribution in [1.29, 1.82) is 0 Å². The van der Waals surface area contributed by atoms with Crippen LogP contribution in [-0.4, -0.2) is 44.3 Å². The molecule has 0 aliphatic rings. The number of hydrogen-bond acceptors (Lipinski definition) is 5. The highest BCUT2D eigenvalue weighted by Crippen LogP contribution is 2.18. The van der Waals surface area contributed by atoms with Crippen molar-refractivity contribution in [1.82, 2.24) is 9.88 Å². The van der Waals surface area contributed by atoms with E-state index in [9.17, 15) is 13.2 Å². The fourth-order valence-corrected chi connectivity index (χ4v) is 3.47. The molecule has 2 aromatic rings. The van der Waals surface area contributed by atoms with Gasteiger partial charge in [-0.2, -0.15) is 0 Å². The van der Waals surface area contributed by atoms with Crippen molar-refractivity contribution in [3.63, 3.8) is 0 Å². The van der Waals surface area contributed by atoms with E-state index in [-0.39, 0.29) is 16.2 Å². The lowest BCUT2D eigenvalue weighted by Gasteiger charge is -2.29. The standard InChI is InChI=1S/C18H24N4O3S/c1-18(2,12-19)13-22(3)17(23)14-4-6-16(7-5-14)26(24,25)21-15-8-10-20-11-9-15/h4-11H,12-13,19H2,1-3H3,(H,20,21). The number of nitrogens with one attached hydrogen (secondary N) is 1. The Morgan fingerprint density at radius 2 is 1.73 bits per heavy atom. The number of carbonyl (C=O) groups excluding carboxylic acids is 1. The van der Waals surface area contributed by atoms with Gasteiger partial charge < -0.3 is 10.6 Å². The zero-order valence-corrected chi connectivity index (χ0v) is 16.0. The van der Waals surface area contributed by atoms with Gasteiger partial charge in [-0.1, -0.05) is 13.8 Å². The third-order valence-electron chi connectivity index (χ3n) is 3.91. The van der Waals surface area contributed by atoms with Crippen molar-refractivity contribution in [3.05, 3.63) is 54.4 Å². The number of anilines is 1. The fraction of sp³-hybridized carbons (Fsp3) is 0.333. The SMILES string of the molecule is CN(CC(C)(C)CN)C(=O)c1ccc(S(=O)(=O)Nc2ccncc2)cc1. The van der Waals surface area contributed by atoms with Crippen molar-refractivity contribution in [2.75, 3.05) is 24.9 Å². The van der Waals surface area contributed by atoms with Crippen LogP contribution in [0.4, 0.5) is 5.69 Å². The molecule has 0 radical (unpaired) electrons. The number of aromatic nitrogens is 1. The van der Waals surface area contributed by atoms with Crippen LogP contribution in [0.15, 0.2) is 53.7 Å². The van der Waals surface area contributed by atoms with Crippen LogP contribution in [-0.2, 0) is 10.0 Å². The Bertz CT molecular complexity index is 850. The lowest BCUT2D eigenvalue weighted by Crippen LogP contribution is -2.39. The number of carbonyl (C=O) groups is 1. The van der Waals surface area contributed by atoms with Crippen LogP contribution >= 0.6 is 0 Å². The summed E-state index contributed by atoms with van der Waals surface area (Å²) in [5, 5.41) is 0. The van der Waals surface area contributed by atoms with Crippen LogP contribution in [0.1, 0.15) is 24.2 Å². The predicted molar refractivity (Wildman–Crippen MR) is 101 cm³/mol. The number of pyridine rings is 1. The number of benzene rings is 1. The van der Waals surface area contributed by atoms with E-state index in [1.807, 2.05) is 13.8 Å². The number of amides is 1. The molecule has 0 saturated heterocycles. The van der Waals surface area contributed by atoms with Crippen LogP contribution in [0.5, 0.6) is 0 Å². The zero-order chi connectivity index (χ0) is 19.4. The predicted octanol–water partition coefficient (Wildman–Crippen LogP) is 1.94. The first-order valence-electron chi connectivity index (χ1n) is 8.13. The summed E-state index contributed by atoms with van der Waals surface area (Å²) in [6.07, 6.45) is 3.00. The molecule has 0 saturated carbocycles. The van der Waals surface area contributed by atoms with E-state index in [4.69, 9.17) is 5.73 Å². The number of nitrogens with zero attached hydrogens (tertiary/aromatic N) is 2. The smallest absolute Gasteiger partial charge is 0.261 e. The van der Waals surface area contributed by atoms with Crippen molar-refractivity contribution < 1.29 is 13.2 Å². The first kappa shape index (κ1) is 19.9. The Balaban J connectivity index is 2.13. The topological polar surface area (TPSA) is 105 Å². The molecular weight excluding hydrogens is 352 g/mol. The maximum Gasteiger partial charge on any atom is 0.261 e. The van der Waals surface area contributed by atoms with E-state index in [0.717, 1.165) is 0 Å². The van der Waals surface area contributed by atoms with Gasteiger partial charge >= 0.3 is 0 Å². The van der Waals surface area contributed by atoms with E-state index >= 15 is 0 Å². The molecule has 1 amide bonds. The lowest BCUT2D eigenvalue weighted by molar-refractivity contribution is 0.0740. The molecule has 0 unspecified atom stereocenters. The summed E-state index contributed by atoms with van der Waals surface area (Å²) >= 11 is 0. The van der Waals surface area contributed by atoms with Gasteiger partial charge in [-0.3, -0.25) is 14.5 Å². The average Bonchev–Trinajstić information content (AvgIpc) is 2.61. The molecule has 0 aliphatic heterocycles. The normalized spacial score (nSPS) is 11.8. The minimum atomic E-state index is -3.73. The van der Waals surface area contributed by atoms with E-state index in [2.05, 4.69) is 9.71 Å². The number of nitrogens with two attached hydrogens (primary N) is 1. The summed E-state index contributed by atoms with van der Waals surface area (Å²) in [4.78, 5) is 18.0. The fourth-order valence-electron chi connectivity index (χ4n) is 2.41. The van der Waals surface area contributed by atoms with Gasteiger partial charge in [0.05, 0.1) is 10.6 Å². The number of rotatable bonds is 7. The summed E-state index contributed by atoms with van der Waals surface area (Å²) in [5.41, 5.74) is 6.36. The van der Waals surface area contributed by atoms with Gasteiger partial charge in [0.25, 0.3) is 15.9 Å². The first-order valence-corrected chi connectivity index (χ1v) is 9.61. The van der Waals surface area contributed by atoms with Crippen molar-refractivity contribution in [3.8, 4) is 0 Å². The molecule has 1 aromatic heterocycles. The van der Waals surface area contributed by atoms with Gasteiger partial charge in [-0.05, 0) is 48.4 Å². The Kier molecular flexibility index (Phi) is 5.99. The Labute approximate surface area is 154 Å². The van der Waals surface area contributed by atoms with Crippen molar-refractivity contribution >= 4 is 21.6 Å². The number of hydrogen-bond donors (Lipinski definition) is 2. The molecule has 140 valence electrons. The van der Waals surface area contributed by atoms with E-state index < -0.39 is 10.0 Å². The second kappa shape index (κ2) is 7.84. The molecule has 8 heteroatoms. The second-order valence-corrected chi connectivity index (χ2v) is 8.58. The zero-order valence-electron chi connectivity index (χ0n) is 15.1. The molecule has 0 spiro atoms. The summed E-state index contributed by atoms with van der Waals surface area (Å²) < 4.78 is 27.3. The van der Waals surface area contributed by atoms with Crippen LogP contribution in [0, 0.1) is 5.41 Å². The largest absolute Gasteiger partial charge is 0.341 e. The van der Waals surface area contributed by atoms with E-state index in [1.54, 1.807) is 24.1 Å². The Hall–Kier alpha value is -2.45. The molecule has 2 rings (SSSR count). The van der Waals surface area contributed by atoms with Gasteiger partial charge in [0, 0.05) is 31.5 Å². The molecule has 1 heterocycles. The molecule has 0 aliphatic carbocycles. The van der Waals surface area contributed by atoms with Crippen molar-refractivity contribution in [2.24, 2.45) is 11.1 Å².